The van der Waals surface area contributed by atoms with Crippen LogP contribution in [0.3, 0.4) is 0 Å². The van der Waals surface area contributed by atoms with E-state index in [-0.39, 0.29) is 17.9 Å². The van der Waals surface area contributed by atoms with Crippen LogP contribution in [0, 0.1) is 0 Å². The molecule has 2 aromatic rings. The van der Waals surface area contributed by atoms with Crippen molar-refractivity contribution in [2.45, 2.75) is 33.4 Å². The lowest BCUT2D eigenvalue weighted by atomic mass is 9.98. The monoisotopic (exact) mass is 420 g/mol. The van der Waals surface area contributed by atoms with Gasteiger partial charge in [-0.25, -0.2) is 4.79 Å². The molecule has 0 aliphatic carbocycles. The molecule has 160 valence electrons. The van der Waals surface area contributed by atoms with E-state index in [0.717, 1.165) is 17.7 Å². The van der Waals surface area contributed by atoms with Gasteiger partial charge in [-0.2, -0.15) is 18.1 Å². The second kappa shape index (κ2) is 10.1. The number of hydrogen-bond acceptors (Lipinski definition) is 4. The molecule has 0 radical (unpaired) electrons. The predicted octanol–water partition coefficient (Wildman–Crippen LogP) is 6.20. The van der Waals surface area contributed by atoms with Gasteiger partial charge in [0.15, 0.2) is 0 Å². The van der Waals surface area contributed by atoms with E-state index >= 15 is 0 Å². The minimum absolute atomic E-state index is 0.0775. The van der Waals surface area contributed by atoms with E-state index in [1.54, 1.807) is 25.1 Å². The van der Waals surface area contributed by atoms with Crippen LogP contribution >= 0.6 is 0 Å². The van der Waals surface area contributed by atoms with Crippen molar-refractivity contribution in [2.75, 3.05) is 6.61 Å². The molecule has 30 heavy (non-hydrogen) atoms. The van der Waals surface area contributed by atoms with Gasteiger partial charge in [-0.1, -0.05) is 48.1 Å². The molecular weight excluding hydrogens is 397 g/mol. The van der Waals surface area contributed by atoms with Gasteiger partial charge in [-0.3, -0.25) is 4.89 Å². The summed E-state index contributed by atoms with van der Waals surface area (Å²) in [6.07, 6.45) is 0.986. The average molecular weight is 420 g/mol. The van der Waals surface area contributed by atoms with Gasteiger partial charge in [0.2, 0.25) is 0 Å². The highest BCUT2D eigenvalue weighted by atomic mass is 19.4. The number of alkyl halides is 3. The molecule has 0 heterocycles. The quantitative estimate of drug-likeness (QED) is 0.251. The van der Waals surface area contributed by atoms with Gasteiger partial charge in [-0.15, -0.1) is 0 Å². The third kappa shape index (κ3) is 6.22. The van der Waals surface area contributed by atoms with Gasteiger partial charge in [0, 0.05) is 0 Å². The third-order valence-corrected chi connectivity index (χ3v) is 4.17. The summed E-state index contributed by atoms with van der Waals surface area (Å²) in [5.74, 6) is -1.09. The van der Waals surface area contributed by atoms with Gasteiger partial charge >= 0.3 is 12.1 Å². The summed E-state index contributed by atoms with van der Waals surface area (Å²) >= 11 is 0. The number of allylic oxidation sites excluding steroid dienone is 2. The molecule has 0 aromatic heterocycles. The zero-order chi connectivity index (χ0) is 22.3. The smallest absolute Gasteiger partial charge is 0.416 e. The fraction of sp³-hybridized carbons (Fsp3) is 0.261. The van der Waals surface area contributed by atoms with Crippen LogP contribution in [0.1, 0.15) is 53.4 Å². The number of hydrogen-bond donors (Lipinski definition) is 1. The molecule has 0 saturated carbocycles. The number of rotatable bonds is 7. The van der Waals surface area contributed by atoms with E-state index in [0.29, 0.717) is 23.1 Å². The zero-order valence-corrected chi connectivity index (χ0v) is 16.9. The Balaban J connectivity index is 2.40. The fourth-order valence-corrected chi connectivity index (χ4v) is 2.61. The number of carbonyl (C=O) groups excluding carboxylic acids is 1. The van der Waals surface area contributed by atoms with Gasteiger partial charge in [-0.05, 0) is 56.0 Å². The SMILES string of the molecule is CCOOC(=O)c1c(C=Cc2ccc(C(F)(F)F)cc2)ccc(CC=C(C)C)c1O. The van der Waals surface area contributed by atoms with Gasteiger partial charge < -0.3 is 5.11 Å². The maximum atomic E-state index is 12.7. The second-order valence-electron chi connectivity index (χ2n) is 6.75. The summed E-state index contributed by atoms with van der Waals surface area (Å²) in [7, 11) is 0. The number of phenolic OH excluding ortho intramolecular Hbond substituents is 1. The minimum Gasteiger partial charge on any atom is -0.507 e. The lowest BCUT2D eigenvalue weighted by Gasteiger charge is -2.11. The molecule has 2 aromatic carbocycles. The molecule has 0 bridgehead atoms. The summed E-state index contributed by atoms with van der Waals surface area (Å²) in [6.45, 7) is 5.62. The predicted molar refractivity (Wildman–Crippen MR) is 109 cm³/mol. The first-order valence-corrected chi connectivity index (χ1v) is 9.30. The normalized spacial score (nSPS) is 11.5. The van der Waals surface area contributed by atoms with E-state index in [9.17, 15) is 23.1 Å². The van der Waals surface area contributed by atoms with E-state index < -0.39 is 17.7 Å². The third-order valence-electron chi connectivity index (χ3n) is 4.17. The van der Waals surface area contributed by atoms with Crippen molar-refractivity contribution >= 4 is 18.1 Å². The van der Waals surface area contributed by atoms with Crippen molar-refractivity contribution in [2.24, 2.45) is 0 Å². The zero-order valence-electron chi connectivity index (χ0n) is 16.9. The van der Waals surface area contributed by atoms with Crippen LogP contribution < -0.4 is 0 Å². The lowest BCUT2D eigenvalue weighted by molar-refractivity contribution is -0.237. The highest BCUT2D eigenvalue weighted by Crippen LogP contribution is 2.31. The largest absolute Gasteiger partial charge is 0.507 e. The highest BCUT2D eigenvalue weighted by molar-refractivity contribution is 5.97. The fourth-order valence-electron chi connectivity index (χ4n) is 2.61. The number of aromatic hydroxyl groups is 1. The van der Waals surface area contributed by atoms with Crippen LogP contribution in [0.25, 0.3) is 12.2 Å². The Morgan fingerprint density at radius 1 is 1.07 bits per heavy atom. The lowest BCUT2D eigenvalue weighted by Crippen LogP contribution is -2.09. The van der Waals surface area contributed by atoms with Crippen LogP contribution in [0.2, 0.25) is 0 Å². The first-order valence-electron chi connectivity index (χ1n) is 9.30. The van der Waals surface area contributed by atoms with Crippen molar-refractivity contribution in [1.29, 1.82) is 0 Å². The Bertz CT molecular complexity index is 938. The van der Waals surface area contributed by atoms with E-state index in [1.807, 2.05) is 19.9 Å². The molecule has 4 nitrogen and oxygen atoms in total. The standard InChI is InChI=1S/C23H23F3O4/c1-4-29-30-22(28)20-17(11-12-18(21(20)27)9-5-15(2)3)10-6-16-7-13-19(14-8-16)23(24,25)26/h5-8,10-14,27H,4,9H2,1-3H3. The summed E-state index contributed by atoms with van der Waals surface area (Å²) in [6, 6.07) is 7.91. The molecule has 7 heteroatoms. The van der Waals surface area contributed by atoms with Crippen LogP contribution in [-0.2, 0) is 22.4 Å². The first kappa shape index (κ1) is 23.2. The van der Waals surface area contributed by atoms with Crippen LogP contribution in [0.4, 0.5) is 13.2 Å². The van der Waals surface area contributed by atoms with Crippen molar-refractivity contribution in [3.05, 3.63) is 75.9 Å². The maximum Gasteiger partial charge on any atom is 0.416 e. The summed E-state index contributed by atoms with van der Waals surface area (Å²) in [5, 5.41) is 10.6. The number of halogens is 3. The van der Waals surface area contributed by atoms with Crippen LogP contribution in [0.15, 0.2) is 48.0 Å². The number of benzene rings is 2. The van der Waals surface area contributed by atoms with Crippen molar-refractivity contribution in [3.63, 3.8) is 0 Å². The Kier molecular flexibility index (Phi) is 7.83. The maximum absolute atomic E-state index is 12.7. The molecule has 0 aliphatic rings. The molecule has 0 unspecified atom stereocenters. The summed E-state index contributed by atoms with van der Waals surface area (Å²) in [5.41, 5.74) is 1.61. The van der Waals surface area contributed by atoms with E-state index in [2.05, 4.69) is 0 Å². The molecule has 2 rings (SSSR count). The first-order chi connectivity index (χ1) is 14.1. The average Bonchev–Trinajstić information content (AvgIpc) is 2.69. The highest BCUT2D eigenvalue weighted by Gasteiger charge is 2.29. The van der Waals surface area contributed by atoms with Crippen LogP contribution in [-0.4, -0.2) is 17.7 Å². The summed E-state index contributed by atoms with van der Waals surface area (Å²) in [4.78, 5) is 21.8. The van der Waals surface area contributed by atoms with Gasteiger partial charge in [0.25, 0.3) is 0 Å². The second-order valence-corrected chi connectivity index (χ2v) is 6.75. The Morgan fingerprint density at radius 2 is 1.73 bits per heavy atom. The van der Waals surface area contributed by atoms with E-state index in [4.69, 9.17) is 9.78 Å². The topological polar surface area (TPSA) is 55.8 Å². The van der Waals surface area contributed by atoms with E-state index in [1.165, 1.54) is 18.2 Å². The molecule has 1 N–H and O–H groups in total. The molecule has 0 saturated heterocycles. The number of phenols is 1. The molecule has 0 fully saturated rings. The Labute approximate surface area is 173 Å². The van der Waals surface area contributed by atoms with Crippen LogP contribution in [0.5, 0.6) is 5.75 Å². The van der Waals surface area contributed by atoms with Gasteiger partial charge in [0.05, 0.1) is 12.2 Å². The Morgan fingerprint density at radius 3 is 2.30 bits per heavy atom. The molecular formula is C23H23F3O4. The molecule has 0 spiro atoms. The molecule has 0 atom stereocenters. The Hall–Kier alpha value is -3.06. The van der Waals surface area contributed by atoms with Crippen molar-refractivity contribution in [3.8, 4) is 5.75 Å². The van der Waals surface area contributed by atoms with Crippen molar-refractivity contribution in [1.82, 2.24) is 0 Å². The van der Waals surface area contributed by atoms with Crippen molar-refractivity contribution < 1.29 is 32.8 Å². The summed E-state index contributed by atoms with van der Waals surface area (Å²) < 4.78 is 38.1. The van der Waals surface area contributed by atoms with Gasteiger partial charge in [0.1, 0.15) is 11.3 Å². The number of carbonyl (C=O) groups is 1. The molecule has 0 amide bonds. The minimum atomic E-state index is -4.41. The molecule has 0 aliphatic heterocycles.